The van der Waals surface area contributed by atoms with E-state index in [1.807, 2.05) is 11.9 Å². The molecular formula is C11H23NO2. The van der Waals surface area contributed by atoms with Gasteiger partial charge in [-0.2, -0.15) is 0 Å². The van der Waals surface area contributed by atoms with Crippen LogP contribution in [0.15, 0.2) is 0 Å². The van der Waals surface area contributed by atoms with Crippen LogP contribution in [0.3, 0.4) is 0 Å². The van der Waals surface area contributed by atoms with Gasteiger partial charge in [0.2, 0.25) is 0 Å². The number of hydrogen-bond donors (Lipinski definition) is 1. The maximum absolute atomic E-state index is 10.8. The van der Waals surface area contributed by atoms with Gasteiger partial charge in [0.05, 0.1) is 0 Å². The molecule has 84 valence electrons. The number of carboxylic acid groups (broad SMARTS) is 1. The van der Waals surface area contributed by atoms with E-state index in [4.69, 9.17) is 5.11 Å². The summed E-state index contributed by atoms with van der Waals surface area (Å²) >= 11 is 0. The predicted molar refractivity (Wildman–Crippen MR) is 58.5 cm³/mol. The topological polar surface area (TPSA) is 40.5 Å². The molecule has 0 radical (unpaired) electrons. The maximum atomic E-state index is 10.8. The van der Waals surface area contributed by atoms with E-state index < -0.39 is 5.97 Å². The van der Waals surface area contributed by atoms with Crippen LogP contribution in [-0.2, 0) is 4.79 Å². The van der Waals surface area contributed by atoms with Gasteiger partial charge in [-0.25, -0.2) is 0 Å². The van der Waals surface area contributed by atoms with Crippen LogP contribution in [-0.4, -0.2) is 35.1 Å². The van der Waals surface area contributed by atoms with Gasteiger partial charge in [-0.05, 0) is 26.8 Å². The average Bonchev–Trinajstić information content (AvgIpc) is 2.17. The van der Waals surface area contributed by atoms with Crippen LogP contribution in [0.25, 0.3) is 0 Å². The normalized spacial score (nSPS) is 15.5. The Morgan fingerprint density at radius 1 is 1.43 bits per heavy atom. The fourth-order valence-corrected chi connectivity index (χ4v) is 1.63. The number of nitrogens with zero attached hydrogens (tertiary/aromatic N) is 1. The van der Waals surface area contributed by atoms with Crippen LogP contribution < -0.4 is 0 Å². The number of likely N-dealkylation sites (N-methyl/N-ethyl adjacent to an activating group) is 1. The number of hydrogen-bond acceptors (Lipinski definition) is 2. The Kier molecular flexibility index (Phi) is 6.54. The van der Waals surface area contributed by atoms with E-state index in [2.05, 4.69) is 13.8 Å². The molecule has 3 heteroatoms. The third-order valence-electron chi connectivity index (χ3n) is 2.91. The largest absolute Gasteiger partial charge is 0.480 e. The minimum atomic E-state index is -0.734. The fraction of sp³-hybridized carbons (Fsp3) is 0.909. The van der Waals surface area contributed by atoms with Crippen molar-refractivity contribution in [2.24, 2.45) is 0 Å². The van der Waals surface area contributed by atoms with Gasteiger partial charge in [-0.15, -0.1) is 0 Å². The minimum Gasteiger partial charge on any atom is -0.480 e. The van der Waals surface area contributed by atoms with E-state index >= 15 is 0 Å². The summed E-state index contributed by atoms with van der Waals surface area (Å²) in [5, 5.41) is 8.88. The fourth-order valence-electron chi connectivity index (χ4n) is 1.63. The average molecular weight is 201 g/mol. The molecule has 0 spiro atoms. The van der Waals surface area contributed by atoms with E-state index in [1.165, 1.54) is 12.8 Å². The maximum Gasteiger partial charge on any atom is 0.320 e. The molecular weight excluding hydrogens is 178 g/mol. The van der Waals surface area contributed by atoms with Crippen LogP contribution in [0.4, 0.5) is 0 Å². The van der Waals surface area contributed by atoms with E-state index in [0.29, 0.717) is 6.04 Å². The smallest absolute Gasteiger partial charge is 0.320 e. The van der Waals surface area contributed by atoms with E-state index in [-0.39, 0.29) is 6.04 Å². The summed E-state index contributed by atoms with van der Waals surface area (Å²) in [7, 11) is 1.91. The molecule has 14 heavy (non-hydrogen) atoms. The highest BCUT2D eigenvalue weighted by molar-refractivity contribution is 5.72. The van der Waals surface area contributed by atoms with Crippen molar-refractivity contribution >= 4 is 5.97 Å². The monoisotopic (exact) mass is 201 g/mol. The molecule has 2 atom stereocenters. The zero-order chi connectivity index (χ0) is 11.1. The zero-order valence-electron chi connectivity index (χ0n) is 9.79. The quantitative estimate of drug-likeness (QED) is 0.687. The second kappa shape index (κ2) is 6.82. The SMILES string of the molecule is CCCCC(CC)N(C)C(C)C(=O)O. The van der Waals surface area contributed by atoms with Crippen molar-refractivity contribution in [3.8, 4) is 0 Å². The van der Waals surface area contributed by atoms with Gasteiger partial charge < -0.3 is 5.11 Å². The first-order valence-electron chi connectivity index (χ1n) is 5.49. The summed E-state index contributed by atoms with van der Waals surface area (Å²) in [4.78, 5) is 12.8. The molecule has 0 aromatic heterocycles. The lowest BCUT2D eigenvalue weighted by Gasteiger charge is -2.30. The minimum absolute atomic E-state index is 0.378. The number of unbranched alkanes of at least 4 members (excludes halogenated alkanes) is 1. The Morgan fingerprint density at radius 3 is 2.36 bits per heavy atom. The van der Waals surface area contributed by atoms with Crippen molar-refractivity contribution in [1.29, 1.82) is 0 Å². The molecule has 1 N–H and O–H groups in total. The van der Waals surface area contributed by atoms with Gasteiger partial charge >= 0.3 is 5.97 Å². The van der Waals surface area contributed by atoms with Gasteiger partial charge in [-0.3, -0.25) is 9.69 Å². The van der Waals surface area contributed by atoms with Crippen LogP contribution in [0.5, 0.6) is 0 Å². The number of rotatable bonds is 7. The van der Waals surface area contributed by atoms with Crippen molar-refractivity contribution < 1.29 is 9.90 Å². The number of carbonyl (C=O) groups is 1. The molecule has 0 aliphatic carbocycles. The molecule has 3 nitrogen and oxygen atoms in total. The molecule has 0 saturated heterocycles. The van der Waals surface area contributed by atoms with Crippen molar-refractivity contribution in [3.63, 3.8) is 0 Å². The zero-order valence-corrected chi connectivity index (χ0v) is 9.79. The third-order valence-corrected chi connectivity index (χ3v) is 2.91. The highest BCUT2D eigenvalue weighted by Gasteiger charge is 2.22. The van der Waals surface area contributed by atoms with Crippen LogP contribution >= 0.6 is 0 Å². The summed E-state index contributed by atoms with van der Waals surface area (Å²) < 4.78 is 0. The Hall–Kier alpha value is -0.570. The highest BCUT2D eigenvalue weighted by atomic mass is 16.4. The Morgan fingerprint density at radius 2 is 2.00 bits per heavy atom. The standard InChI is InChI=1S/C11H23NO2/c1-5-7-8-10(6-2)12(4)9(3)11(13)14/h9-10H,5-8H2,1-4H3,(H,13,14). The second-order valence-corrected chi connectivity index (χ2v) is 3.88. The van der Waals surface area contributed by atoms with Crippen molar-refractivity contribution in [2.45, 2.75) is 58.5 Å². The summed E-state index contributed by atoms with van der Waals surface area (Å²) in [5.74, 6) is -0.734. The molecule has 0 aromatic carbocycles. The Balaban J connectivity index is 4.14. The Labute approximate surface area is 87.1 Å². The lowest BCUT2D eigenvalue weighted by atomic mass is 10.0. The molecule has 2 unspecified atom stereocenters. The summed E-state index contributed by atoms with van der Waals surface area (Å²) in [5.41, 5.74) is 0. The molecule has 0 aromatic rings. The van der Waals surface area contributed by atoms with Gasteiger partial charge in [0.25, 0.3) is 0 Å². The van der Waals surface area contributed by atoms with E-state index in [0.717, 1.165) is 12.8 Å². The summed E-state index contributed by atoms with van der Waals surface area (Å²) in [6, 6.07) is 0.0258. The predicted octanol–water partition coefficient (Wildman–Crippen LogP) is 2.36. The highest BCUT2D eigenvalue weighted by Crippen LogP contribution is 2.13. The third kappa shape index (κ3) is 4.09. The van der Waals surface area contributed by atoms with Gasteiger partial charge in [0, 0.05) is 6.04 Å². The summed E-state index contributed by atoms with van der Waals surface area (Å²) in [6.07, 6.45) is 4.47. The van der Waals surface area contributed by atoms with E-state index in [1.54, 1.807) is 6.92 Å². The summed E-state index contributed by atoms with van der Waals surface area (Å²) in [6.45, 7) is 6.02. The molecule has 0 aliphatic heterocycles. The first-order valence-corrected chi connectivity index (χ1v) is 5.49. The van der Waals surface area contributed by atoms with Gasteiger partial charge in [0.1, 0.15) is 6.04 Å². The van der Waals surface area contributed by atoms with Crippen LogP contribution in [0, 0.1) is 0 Å². The van der Waals surface area contributed by atoms with Gasteiger partial charge in [-0.1, -0.05) is 26.7 Å². The van der Waals surface area contributed by atoms with Crippen molar-refractivity contribution in [3.05, 3.63) is 0 Å². The first kappa shape index (κ1) is 13.4. The lowest BCUT2D eigenvalue weighted by Crippen LogP contribution is -2.42. The first-order chi connectivity index (χ1) is 6.54. The lowest BCUT2D eigenvalue weighted by molar-refractivity contribution is -0.143. The number of carboxylic acids is 1. The molecule has 0 amide bonds. The molecule has 0 aliphatic rings. The molecule has 0 rings (SSSR count). The molecule has 0 heterocycles. The van der Waals surface area contributed by atoms with Crippen LogP contribution in [0.1, 0.15) is 46.5 Å². The molecule has 0 fully saturated rings. The molecule has 0 bridgehead atoms. The Bertz CT molecular complexity index is 171. The molecule has 0 saturated carbocycles. The second-order valence-electron chi connectivity index (χ2n) is 3.88. The van der Waals surface area contributed by atoms with Crippen molar-refractivity contribution in [2.75, 3.05) is 7.05 Å². The number of aliphatic carboxylic acids is 1. The van der Waals surface area contributed by atoms with Crippen molar-refractivity contribution in [1.82, 2.24) is 4.90 Å². The van der Waals surface area contributed by atoms with E-state index in [9.17, 15) is 4.79 Å². The van der Waals surface area contributed by atoms with Crippen LogP contribution in [0.2, 0.25) is 0 Å². The van der Waals surface area contributed by atoms with Gasteiger partial charge in [0.15, 0.2) is 0 Å².